The lowest BCUT2D eigenvalue weighted by Gasteiger charge is -1.88. The molecule has 6 nitrogen and oxygen atoms in total. The lowest BCUT2D eigenvalue weighted by Crippen LogP contribution is -2.27. The van der Waals surface area contributed by atoms with E-state index in [1.54, 1.807) is 60.9 Å². The molecule has 0 bridgehead atoms. The predicted octanol–water partition coefficient (Wildman–Crippen LogP) is 5.84. The number of hydrogen-bond donors (Lipinski definition) is 1. The molecule has 3 aromatic rings. The van der Waals surface area contributed by atoms with Gasteiger partial charge >= 0.3 is 0 Å². The number of nitrogens with zero attached hydrogens (tertiary/aromatic N) is 3. The Balaban J connectivity index is -0.000000335. The standard InChI is InChI=1S/C5H6NO.2C5H5NO.3C4H10/c3*7-6-4-2-1-3-5-6;3*1-4(2)3/h1-5,7H;2*1-5H;3*4H,1-3H3/q+1;;;;;. The first-order valence-corrected chi connectivity index (χ1v) is 11.3. The Morgan fingerprint density at radius 1 is 0.424 bits per heavy atom. The summed E-state index contributed by atoms with van der Waals surface area (Å²) in [5, 5.41) is 28.9. The second-order valence-corrected chi connectivity index (χ2v) is 8.92. The molecule has 0 amide bonds. The fourth-order valence-electron chi connectivity index (χ4n) is 1.16. The fourth-order valence-corrected chi connectivity index (χ4v) is 1.16. The van der Waals surface area contributed by atoms with Crippen LogP contribution in [0.5, 0.6) is 0 Å². The molecular weight excluding hydrogens is 414 g/mol. The van der Waals surface area contributed by atoms with Gasteiger partial charge in [0.2, 0.25) is 12.4 Å². The maximum Gasteiger partial charge on any atom is 0.222 e. The lowest BCUT2D eigenvalue weighted by atomic mass is 10.3. The van der Waals surface area contributed by atoms with E-state index in [1.807, 2.05) is 6.07 Å². The summed E-state index contributed by atoms with van der Waals surface area (Å²) in [7, 11) is 0. The zero-order valence-corrected chi connectivity index (χ0v) is 22.0. The third kappa shape index (κ3) is 47.8. The van der Waals surface area contributed by atoms with Gasteiger partial charge in [0, 0.05) is 41.1 Å². The van der Waals surface area contributed by atoms with Crippen molar-refractivity contribution >= 4 is 0 Å². The largest absolute Gasteiger partial charge is 0.619 e. The van der Waals surface area contributed by atoms with Crippen LogP contribution in [0.25, 0.3) is 0 Å². The summed E-state index contributed by atoms with van der Waals surface area (Å²) in [6.45, 7) is 19.5. The molecule has 33 heavy (non-hydrogen) atoms. The van der Waals surface area contributed by atoms with E-state index in [1.165, 1.54) is 24.8 Å². The maximum absolute atomic E-state index is 10.2. The summed E-state index contributed by atoms with van der Waals surface area (Å²) in [6, 6.07) is 15.7. The van der Waals surface area contributed by atoms with Crippen LogP contribution in [-0.4, -0.2) is 5.21 Å². The lowest BCUT2D eigenvalue weighted by molar-refractivity contribution is -0.904. The van der Waals surface area contributed by atoms with Crippen molar-refractivity contribution in [3.63, 3.8) is 0 Å². The molecule has 0 unspecified atom stereocenters. The first-order chi connectivity index (χ1) is 15.4. The van der Waals surface area contributed by atoms with E-state index in [-0.39, 0.29) is 0 Å². The molecular formula is C27H46N3O3+. The van der Waals surface area contributed by atoms with E-state index in [2.05, 4.69) is 62.3 Å². The quantitative estimate of drug-likeness (QED) is 0.260. The molecule has 1 N–H and O–H groups in total. The van der Waals surface area contributed by atoms with Gasteiger partial charge in [-0.2, -0.15) is 9.46 Å². The number of hydrogen-bond acceptors (Lipinski definition) is 3. The molecule has 0 aliphatic rings. The summed E-state index contributed by atoms with van der Waals surface area (Å²) in [4.78, 5) is 0. The number of rotatable bonds is 0. The minimum absolute atomic E-state index is 0.750. The van der Waals surface area contributed by atoms with Crippen LogP contribution < -0.4 is 14.2 Å². The molecule has 0 aliphatic carbocycles. The Labute approximate surface area is 201 Å². The molecule has 0 spiro atoms. The molecule has 0 saturated heterocycles. The fraction of sp³-hybridized carbons (Fsp3) is 0.444. The monoisotopic (exact) mass is 460 g/mol. The number of aromatic nitrogens is 3. The minimum Gasteiger partial charge on any atom is -0.619 e. The molecule has 3 rings (SSSR count). The van der Waals surface area contributed by atoms with Crippen molar-refractivity contribution in [3.05, 3.63) is 102 Å². The molecule has 0 radical (unpaired) electrons. The van der Waals surface area contributed by atoms with Crippen LogP contribution in [0.15, 0.2) is 91.8 Å². The Morgan fingerprint density at radius 2 is 0.606 bits per heavy atom. The summed E-state index contributed by atoms with van der Waals surface area (Å²) in [5.41, 5.74) is 0. The zero-order valence-electron chi connectivity index (χ0n) is 22.0. The van der Waals surface area contributed by atoms with E-state index in [0.717, 1.165) is 31.9 Å². The maximum atomic E-state index is 10.2. The molecule has 0 saturated carbocycles. The second kappa shape index (κ2) is 25.1. The van der Waals surface area contributed by atoms with E-state index in [9.17, 15) is 10.4 Å². The van der Waals surface area contributed by atoms with Crippen LogP contribution in [0, 0.1) is 28.2 Å². The van der Waals surface area contributed by atoms with Crippen molar-refractivity contribution in [1.29, 1.82) is 0 Å². The Kier molecular flexibility index (Phi) is 26.2. The minimum atomic E-state index is 0.750. The first kappa shape index (κ1) is 34.5. The van der Waals surface area contributed by atoms with Gasteiger partial charge in [-0.25, -0.2) is 0 Å². The smallest absolute Gasteiger partial charge is 0.222 e. The zero-order chi connectivity index (χ0) is 26.1. The van der Waals surface area contributed by atoms with Gasteiger partial charge in [-0.3, -0.25) is 5.21 Å². The van der Waals surface area contributed by atoms with Gasteiger partial charge in [0.15, 0.2) is 24.8 Å². The van der Waals surface area contributed by atoms with Gasteiger partial charge in [-0.05, 0) is 17.8 Å². The summed E-state index contributed by atoms with van der Waals surface area (Å²) in [5.74, 6) is 2.50. The molecule has 3 aromatic heterocycles. The second-order valence-electron chi connectivity index (χ2n) is 8.92. The van der Waals surface area contributed by atoms with E-state index < -0.39 is 0 Å². The third-order valence-electron chi connectivity index (χ3n) is 2.08. The van der Waals surface area contributed by atoms with E-state index >= 15 is 0 Å². The Bertz CT molecular complexity index is 612. The van der Waals surface area contributed by atoms with E-state index in [4.69, 9.17) is 5.21 Å². The Hall–Kier alpha value is -3.15. The average Bonchev–Trinajstić information content (AvgIpc) is 2.69. The van der Waals surface area contributed by atoms with Crippen LogP contribution in [-0.2, 0) is 0 Å². The summed E-state index contributed by atoms with van der Waals surface area (Å²) < 4.78 is 2.50. The van der Waals surface area contributed by atoms with Gasteiger partial charge in [-0.1, -0.05) is 80.5 Å². The highest BCUT2D eigenvalue weighted by molar-refractivity contribution is 4.84. The van der Waals surface area contributed by atoms with Gasteiger partial charge in [0.05, 0.1) is 0 Å². The van der Waals surface area contributed by atoms with Crippen LogP contribution in [0.1, 0.15) is 62.3 Å². The number of pyridine rings is 3. The predicted molar refractivity (Wildman–Crippen MR) is 136 cm³/mol. The van der Waals surface area contributed by atoms with Gasteiger partial charge < -0.3 is 10.4 Å². The summed E-state index contributed by atoms with van der Waals surface area (Å²) >= 11 is 0. The molecule has 0 aromatic carbocycles. The topological polar surface area (TPSA) is 78.0 Å². The van der Waals surface area contributed by atoms with Crippen LogP contribution in [0.2, 0.25) is 0 Å². The van der Waals surface area contributed by atoms with Crippen LogP contribution in [0.3, 0.4) is 0 Å². The SMILES string of the molecule is CC(C)C.CC(C)C.CC(C)C.O[n+]1ccccc1.[O-][n+]1ccccc1.[O-][n+]1ccccc1. The van der Waals surface area contributed by atoms with Crippen molar-refractivity contribution < 1.29 is 19.4 Å². The van der Waals surface area contributed by atoms with Crippen molar-refractivity contribution in [2.75, 3.05) is 0 Å². The molecule has 186 valence electrons. The Morgan fingerprint density at radius 3 is 0.697 bits per heavy atom. The van der Waals surface area contributed by atoms with Gasteiger partial charge in [0.1, 0.15) is 0 Å². The molecule has 0 fully saturated rings. The van der Waals surface area contributed by atoms with Crippen molar-refractivity contribution in [3.8, 4) is 0 Å². The molecule has 6 heteroatoms. The highest BCUT2D eigenvalue weighted by atomic mass is 16.5. The highest BCUT2D eigenvalue weighted by Crippen LogP contribution is 1.82. The van der Waals surface area contributed by atoms with Crippen molar-refractivity contribution in [2.45, 2.75) is 62.3 Å². The molecule has 3 heterocycles. The van der Waals surface area contributed by atoms with Crippen molar-refractivity contribution in [1.82, 2.24) is 0 Å². The molecule has 0 atom stereocenters. The average molecular weight is 461 g/mol. The first-order valence-electron chi connectivity index (χ1n) is 11.3. The summed E-state index contributed by atoms with van der Waals surface area (Å²) in [6.07, 6.45) is 8.89. The van der Waals surface area contributed by atoms with Crippen molar-refractivity contribution in [2.24, 2.45) is 17.8 Å². The third-order valence-corrected chi connectivity index (χ3v) is 2.08. The highest BCUT2D eigenvalue weighted by Gasteiger charge is 1.83. The van der Waals surface area contributed by atoms with Crippen LogP contribution in [0.4, 0.5) is 0 Å². The van der Waals surface area contributed by atoms with E-state index in [0.29, 0.717) is 0 Å². The normalized spacial score (nSPS) is 8.73. The van der Waals surface area contributed by atoms with Gasteiger partial charge in [-0.15, -0.1) is 0 Å². The molecule has 0 aliphatic heterocycles. The van der Waals surface area contributed by atoms with Gasteiger partial charge in [0.25, 0.3) is 0 Å². The van der Waals surface area contributed by atoms with Crippen LogP contribution >= 0.6 is 0 Å².